The van der Waals surface area contributed by atoms with Gasteiger partial charge in [-0.15, -0.1) is 0 Å². The molecule has 2 atom stereocenters. The maximum atomic E-state index is 14.7. The van der Waals surface area contributed by atoms with Gasteiger partial charge < -0.3 is 18.9 Å². The molecule has 2 fully saturated rings. The van der Waals surface area contributed by atoms with Crippen LogP contribution in [-0.2, 0) is 41.5 Å². The van der Waals surface area contributed by atoms with Crippen LogP contribution in [0.3, 0.4) is 0 Å². The summed E-state index contributed by atoms with van der Waals surface area (Å²) in [5, 5.41) is 0. The molecule has 11 heteroatoms. The van der Waals surface area contributed by atoms with Crippen molar-refractivity contribution < 1.29 is 42.5 Å². The first-order valence-electron chi connectivity index (χ1n) is 19.1. The van der Waals surface area contributed by atoms with Crippen molar-refractivity contribution in [1.82, 2.24) is 0 Å². The van der Waals surface area contributed by atoms with Gasteiger partial charge in [-0.1, -0.05) is 50.9 Å². The molecule has 0 N–H and O–H groups in total. The monoisotopic (exact) mass is 904 g/mol. The highest BCUT2D eigenvalue weighted by molar-refractivity contribution is 9.10. The van der Waals surface area contributed by atoms with Gasteiger partial charge in [-0.3, -0.25) is 19.2 Å². The van der Waals surface area contributed by atoms with Gasteiger partial charge in [0.15, 0.2) is 34.7 Å². The molecule has 2 unspecified atom stereocenters. The molecule has 0 aliphatic carbocycles. The number of carbonyl (C=O) groups is 4. The summed E-state index contributed by atoms with van der Waals surface area (Å²) in [7, 11) is 0. The van der Waals surface area contributed by atoms with Gasteiger partial charge in [-0.05, 0) is 163 Å². The summed E-state index contributed by atoms with van der Waals surface area (Å²) in [6.07, 6.45) is 1.59. The van der Waals surface area contributed by atoms with Crippen LogP contribution < -0.4 is 9.47 Å². The number of halogens is 3. The lowest BCUT2D eigenvalue weighted by molar-refractivity contribution is -0.189. The van der Waals surface area contributed by atoms with Crippen molar-refractivity contribution in [1.29, 1.82) is 0 Å². The predicted molar refractivity (Wildman–Crippen MR) is 222 cm³/mol. The second-order valence-corrected chi connectivity index (χ2v) is 18.3. The SMILES string of the molecule is CCc1ccc(Oc2ccc(Br)cc2F)cc1C1C(=O)C(C)(C)OC(C)(CCCc2ccc(Oc3ccc(Br)cc3)cc2C2C(=O)C(C)(C)OC(C)(C)C2=O)C1=O. The van der Waals surface area contributed by atoms with Crippen LogP contribution in [0.15, 0.2) is 87.8 Å². The Morgan fingerprint density at radius 2 is 1.09 bits per heavy atom. The zero-order valence-corrected chi connectivity index (χ0v) is 36.6. The third-order valence-electron chi connectivity index (χ3n) is 10.8. The van der Waals surface area contributed by atoms with E-state index in [4.69, 9.17) is 18.9 Å². The minimum Gasteiger partial charge on any atom is -0.457 e. The Bertz CT molecular complexity index is 2220. The molecule has 0 spiro atoms. The Morgan fingerprint density at radius 3 is 1.67 bits per heavy atom. The Balaban J connectivity index is 1.31. The van der Waals surface area contributed by atoms with Gasteiger partial charge in [0.25, 0.3) is 0 Å². The molecule has 2 aliphatic rings. The third kappa shape index (κ3) is 8.72. The van der Waals surface area contributed by atoms with Crippen LogP contribution in [0, 0.1) is 5.82 Å². The summed E-state index contributed by atoms with van der Waals surface area (Å²) in [5.41, 5.74) is -2.59. The Hall–Kier alpha value is -4.03. The summed E-state index contributed by atoms with van der Waals surface area (Å²) in [6.45, 7) is 13.7. The molecule has 0 amide bonds. The maximum Gasteiger partial charge on any atom is 0.179 e. The van der Waals surface area contributed by atoms with E-state index in [1.54, 1.807) is 84.9 Å². The first kappa shape index (κ1) is 42.6. The molecule has 2 heterocycles. The molecule has 0 bridgehead atoms. The highest BCUT2D eigenvalue weighted by atomic mass is 79.9. The highest BCUT2D eigenvalue weighted by Crippen LogP contribution is 2.45. The minimum atomic E-state index is -1.37. The van der Waals surface area contributed by atoms with Crippen LogP contribution in [0.2, 0.25) is 0 Å². The molecule has 2 saturated heterocycles. The molecule has 4 aromatic rings. The van der Waals surface area contributed by atoms with Gasteiger partial charge in [0, 0.05) is 8.95 Å². The van der Waals surface area contributed by atoms with Crippen molar-refractivity contribution in [3.63, 3.8) is 0 Å². The van der Waals surface area contributed by atoms with Crippen LogP contribution in [0.5, 0.6) is 23.0 Å². The number of rotatable bonds is 11. The Kier molecular flexibility index (Phi) is 11.9. The smallest absolute Gasteiger partial charge is 0.179 e. The van der Waals surface area contributed by atoms with Crippen molar-refractivity contribution in [2.24, 2.45) is 0 Å². The van der Waals surface area contributed by atoms with E-state index in [1.165, 1.54) is 12.1 Å². The van der Waals surface area contributed by atoms with Gasteiger partial charge in [0.1, 0.15) is 51.5 Å². The molecule has 0 aromatic heterocycles. The molecular formula is C46H47Br2FO8. The van der Waals surface area contributed by atoms with Crippen LogP contribution in [0.1, 0.15) is 102 Å². The summed E-state index contributed by atoms with van der Waals surface area (Å²) in [5.74, 6) is -2.95. The van der Waals surface area contributed by atoms with Crippen molar-refractivity contribution in [2.45, 2.75) is 115 Å². The summed E-state index contributed by atoms with van der Waals surface area (Å²) in [4.78, 5) is 56.7. The fraction of sp³-hybridized carbons (Fsp3) is 0.391. The molecule has 300 valence electrons. The average Bonchev–Trinajstić information content (AvgIpc) is 3.13. The van der Waals surface area contributed by atoms with E-state index in [-0.39, 0.29) is 35.3 Å². The van der Waals surface area contributed by atoms with Gasteiger partial charge in [0.2, 0.25) is 0 Å². The number of Topliss-reactive ketones (excluding diaryl/α,β-unsaturated/α-hetero) is 4. The Morgan fingerprint density at radius 1 is 0.596 bits per heavy atom. The van der Waals surface area contributed by atoms with Crippen LogP contribution in [-0.4, -0.2) is 45.5 Å². The highest BCUT2D eigenvalue weighted by Gasteiger charge is 2.56. The average molecular weight is 907 g/mol. The van der Waals surface area contributed by atoms with Gasteiger partial charge in [0.05, 0.1) is 0 Å². The summed E-state index contributed by atoms with van der Waals surface area (Å²) in [6, 6.07) is 22.3. The predicted octanol–water partition coefficient (Wildman–Crippen LogP) is 11.1. The van der Waals surface area contributed by atoms with Crippen molar-refractivity contribution in [3.05, 3.63) is 116 Å². The largest absolute Gasteiger partial charge is 0.457 e. The number of aryl methyl sites for hydroxylation is 2. The van der Waals surface area contributed by atoms with E-state index >= 15 is 0 Å². The fourth-order valence-electron chi connectivity index (χ4n) is 8.03. The number of carbonyl (C=O) groups excluding carboxylic acids is 4. The molecule has 6 rings (SSSR count). The standard InChI is InChI=1S/C46H47Br2FO8/c1-9-26-12-17-32(55-36-21-16-29(48)23-35(36)49)25-33(26)38-41(52)45(6,7)57-46(8,42(38)53)22-10-11-27-13-18-31(54-30-19-14-28(47)15-20-30)24-34(27)37-39(50)43(2,3)56-44(4,5)40(37)51/h12-21,23-25,37-38H,9-11,22H2,1-8H3. The molecule has 8 nitrogen and oxygen atoms in total. The first-order valence-corrected chi connectivity index (χ1v) is 20.6. The third-order valence-corrected chi connectivity index (χ3v) is 11.9. The molecule has 0 radical (unpaired) electrons. The van der Waals surface area contributed by atoms with Crippen LogP contribution in [0.4, 0.5) is 4.39 Å². The molecule has 57 heavy (non-hydrogen) atoms. The molecule has 4 aromatic carbocycles. The summed E-state index contributed by atoms with van der Waals surface area (Å²) < 4.78 is 40.7. The van der Waals surface area contributed by atoms with Crippen molar-refractivity contribution in [2.75, 3.05) is 0 Å². The van der Waals surface area contributed by atoms with E-state index in [9.17, 15) is 23.6 Å². The fourth-order valence-corrected chi connectivity index (χ4v) is 8.63. The Labute approximate surface area is 350 Å². The number of benzene rings is 4. The van der Waals surface area contributed by atoms with Gasteiger partial charge in [-0.2, -0.15) is 0 Å². The second-order valence-electron chi connectivity index (χ2n) is 16.5. The first-order chi connectivity index (χ1) is 26.7. The molecule has 2 aliphatic heterocycles. The van der Waals surface area contributed by atoms with E-state index in [0.717, 1.165) is 15.6 Å². The topological polar surface area (TPSA) is 105 Å². The normalized spacial score (nSPS) is 21.8. The van der Waals surface area contributed by atoms with Crippen molar-refractivity contribution >= 4 is 55.0 Å². The second kappa shape index (κ2) is 16.0. The lowest BCUT2D eigenvalue weighted by Gasteiger charge is -2.45. The number of hydrogen-bond donors (Lipinski definition) is 0. The number of ketones is 4. The quantitative estimate of drug-likeness (QED) is 0.137. The van der Waals surface area contributed by atoms with E-state index in [1.807, 2.05) is 37.3 Å². The van der Waals surface area contributed by atoms with Crippen molar-refractivity contribution in [3.8, 4) is 23.0 Å². The van der Waals surface area contributed by atoms with E-state index in [2.05, 4.69) is 31.9 Å². The molecule has 0 saturated carbocycles. The number of hydrogen-bond acceptors (Lipinski definition) is 8. The van der Waals surface area contributed by atoms with E-state index < -0.39 is 40.1 Å². The lowest BCUT2D eigenvalue weighted by atomic mass is 9.71. The minimum absolute atomic E-state index is 0.00625. The summed E-state index contributed by atoms with van der Waals surface area (Å²) >= 11 is 6.70. The van der Waals surface area contributed by atoms with Gasteiger partial charge >= 0.3 is 0 Å². The maximum absolute atomic E-state index is 14.7. The van der Waals surface area contributed by atoms with Gasteiger partial charge in [-0.25, -0.2) is 4.39 Å². The zero-order valence-electron chi connectivity index (χ0n) is 33.4. The van der Waals surface area contributed by atoms with Crippen LogP contribution >= 0.6 is 31.9 Å². The van der Waals surface area contributed by atoms with Crippen LogP contribution in [0.25, 0.3) is 0 Å². The zero-order chi connectivity index (χ0) is 41.7. The van der Waals surface area contributed by atoms with E-state index in [0.29, 0.717) is 52.1 Å². The lowest BCUT2D eigenvalue weighted by Crippen LogP contribution is -2.59. The number of ether oxygens (including phenoxy) is 4. The molecular weight excluding hydrogens is 859 g/mol.